The summed E-state index contributed by atoms with van der Waals surface area (Å²) in [6.45, 7) is 1.50. The number of hydrogen-bond donors (Lipinski definition) is 1. The zero-order valence-corrected chi connectivity index (χ0v) is 15.5. The number of carboxylic acids is 1. The van der Waals surface area contributed by atoms with Crippen LogP contribution in [0.5, 0.6) is 0 Å². The second kappa shape index (κ2) is 7.65. The van der Waals surface area contributed by atoms with E-state index in [2.05, 4.69) is 5.10 Å². The van der Waals surface area contributed by atoms with Gasteiger partial charge < -0.3 is 9.84 Å². The maximum absolute atomic E-state index is 12.1. The SMILES string of the molecule is COC(=O)c1nn(-c2ccc(Cl)c(Cl)c2)cc1CN1CCC(C(=O)O)C1. The number of carbonyl (C=O) groups is 2. The Bertz CT molecular complexity index is 853. The quantitative estimate of drug-likeness (QED) is 0.780. The van der Waals surface area contributed by atoms with E-state index in [-0.39, 0.29) is 11.6 Å². The predicted molar refractivity (Wildman–Crippen MR) is 95.9 cm³/mol. The summed E-state index contributed by atoms with van der Waals surface area (Å²) in [4.78, 5) is 25.2. The minimum Gasteiger partial charge on any atom is -0.481 e. The van der Waals surface area contributed by atoms with Crippen molar-refractivity contribution < 1.29 is 19.4 Å². The van der Waals surface area contributed by atoms with E-state index in [1.165, 1.54) is 11.8 Å². The average molecular weight is 398 g/mol. The fourth-order valence-corrected chi connectivity index (χ4v) is 3.26. The topological polar surface area (TPSA) is 84.7 Å². The van der Waals surface area contributed by atoms with Crippen LogP contribution in [0, 0.1) is 5.92 Å². The molecule has 0 spiro atoms. The van der Waals surface area contributed by atoms with Gasteiger partial charge in [0.05, 0.1) is 28.8 Å². The second-order valence-corrected chi connectivity index (χ2v) is 6.91. The first kappa shape index (κ1) is 18.7. The van der Waals surface area contributed by atoms with Gasteiger partial charge in [-0.3, -0.25) is 9.69 Å². The number of halogens is 2. The highest BCUT2D eigenvalue weighted by Crippen LogP contribution is 2.26. The molecule has 1 unspecified atom stereocenters. The van der Waals surface area contributed by atoms with Crippen molar-refractivity contribution in [3.8, 4) is 5.69 Å². The monoisotopic (exact) mass is 397 g/mol. The Balaban J connectivity index is 1.89. The lowest BCUT2D eigenvalue weighted by atomic mass is 10.1. The number of likely N-dealkylation sites (tertiary alicyclic amines) is 1. The van der Waals surface area contributed by atoms with E-state index in [0.717, 1.165) is 0 Å². The first-order chi connectivity index (χ1) is 12.4. The van der Waals surface area contributed by atoms with Crippen molar-refractivity contribution in [2.24, 2.45) is 5.92 Å². The van der Waals surface area contributed by atoms with Crippen LogP contribution in [0.4, 0.5) is 0 Å². The van der Waals surface area contributed by atoms with Crippen LogP contribution < -0.4 is 0 Å². The highest BCUT2D eigenvalue weighted by Gasteiger charge is 2.29. The van der Waals surface area contributed by atoms with Crippen LogP contribution in [-0.2, 0) is 16.1 Å². The van der Waals surface area contributed by atoms with Crippen LogP contribution in [0.2, 0.25) is 10.0 Å². The van der Waals surface area contributed by atoms with E-state index in [1.807, 2.05) is 4.90 Å². The Hall–Kier alpha value is -2.09. The minimum absolute atomic E-state index is 0.192. The van der Waals surface area contributed by atoms with Gasteiger partial charge >= 0.3 is 11.9 Å². The Morgan fingerprint density at radius 3 is 2.73 bits per heavy atom. The van der Waals surface area contributed by atoms with Crippen LogP contribution in [-0.4, -0.2) is 51.9 Å². The molecule has 1 N–H and O–H groups in total. The van der Waals surface area contributed by atoms with E-state index in [0.29, 0.717) is 47.4 Å². The number of rotatable bonds is 5. The number of aliphatic carboxylic acids is 1. The largest absolute Gasteiger partial charge is 0.481 e. The summed E-state index contributed by atoms with van der Waals surface area (Å²) in [5.41, 5.74) is 1.51. The molecule has 1 fully saturated rings. The summed E-state index contributed by atoms with van der Waals surface area (Å²) in [7, 11) is 1.29. The van der Waals surface area contributed by atoms with Gasteiger partial charge in [-0.1, -0.05) is 23.2 Å². The molecule has 0 aliphatic carbocycles. The summed E-state index contributed by atoms with van der Waals surface area (Å²) < 4.78 is 6.35. The molecule has 1 saturated heterocycles. The molecule has 0 radical (unpaired) electrons. The van der Waals surface area contributed by atoms with Crippen molar-refractivity contribution in [2.45, 2.75) is 13.0 Å². The van der Waals surface area contributed by atoms with Gasteiger partial charge in [0, 0.05) is 24.8 Å². The molecule has 0 saturated carbocycles. The molecule has 0 bridgehead atoms. The molecule has 7 nitrogen and oxygen atoms in total. The summed E-state index contributed by atoms with van der Waals surface area (Å²) in [5, 5.41) is 14.3. The van der Waals surface area contributed by atoms with Crippen LogP contribution in [0.25, 0.3) is 5.69 Å². The number of carboxylic acid groups (broad SMARTS) is 1. The number of benzene rings is 1. The molecule has 1 aromatic carbocycles. The molecule has 26 heavy (non-hydrogen) atoms. The third-order valence-electron chi connectivity index (χ3n) is 4.35. The van der Waals surface area contributed by atoms with Crippen molar-refractivity contribution in [2.75, 3.05) is 20.2 Å². The Morgan fingerprint density at radius 1 is 1.35 bits per heavy atom. The highest BCUT2D eigenvalue weighted by molar-refractivity contribution is 6.42. The molecule has 0 amide bonds. The van der Waals surface area contributed by atoms with E-state index in [9.17, 15) is 9.59 Å². The molecule has 1 aromatic heterocycles. The zero-order chi connectivity index (χ0) is 18.8. The number of aromatic nitrogens is 2. The van der Waals surface area contributed by atoms with Gasteiger partial charge in [0.1, 0.15) is 0 Å². The normalized spacial score (nSPS) is 17.4. The fourth-order valence-electron chi connectivity index (χ4n) is 2.97. The standard InChI is InChI=1S/C17H17Cl2N3O4/c1-26-17(25)15-11(8-21-5-4-10(7-21)16(23)24)9-22(20-15)12-2-3-13(18)14(19)6-12/h2-3,6,9-10H,4-5,7-8H2,1H3,(H,23,24). The van der Waals surface area contributed by atoms with Gasteiger partial charge in [0.25, 0.3) is 0 Å². The summed E-state index contributed by atoms with van der Waals surface area (Å²) >= 11 is 12.0. The zero-order valence-electron chi connectivity index (χ0n) is 14.0. The smallest absolute Gasteiger partial charge is 0.358 e. The maximum atomic E-state index is 12.1. The molecule has 2 heterocycles. The summed E-state index contributed by atoms with van der Waals surface area (Å²) in [6, 6.07) is 5.04. The first-order valence-electron chi connectivity index (χ1n) is 7.96. The number of hydrogen-bond acceptors (Lipinski definition) is 5. The third kappa shape index (κ3) is 3.85. The summed E-state index contributed by atoms with van der Waals surface area (Å²) in [5.74, 6) is -1.73. The van der Waals surface area contributed by atoms with Gasteiger partial charge in [-0.15, -0.1) is 0 Å². The highest BCUT2D eigenvalue weighted by atomic mass is 35.5. The number of ether oxygens (including phenoxy) is 1. The molecule has 9 heteroatoms. The lowest BCUT2D eigenvalue weighted by Crippen LogP contribution is -2.23. The molecule has 1 aliphatic rings. The molecule has 1 atom stereocenters. The lowest BCUT2D eigenvalue weighted by molar-refractivity contribution is -0.141. The first-order valence-corrected chi connectivity index (χ1v) is 8.72. The molecule has 138 valence electrons. The van der Waals surface area contributed by atoms with Gasteiger partial charge in [-0.05, 0) is 31.2 Å². The van der Waals surface area contributed by atoms with Crippen molar-refractivity contribution in [3.63, 3.8) is 0 Å². The van der Waals surface area contributed by atoms with Crippen LogP contribution in [0.1, 0.15) is 22.5 Å². The Labute approximate surface area is 160 Å². The number of carbonyl (C=O) groups excluding carboxylic acids is 1. The molecular formula is C17H17Cl2N3O4. The second-order valence-electron chi connectivity index (χ2n) is 6.10. The minimum atomic E-state index is -0.799. The molecule has 3 rings (SSSR count). The number of esters is 1. The van der Waals surface area contributed by atoms with Crippen molar-refractivity contribution in [1.29, 1.82) is 0 Å². The number of nitrogens with zero attached hydrogens (tertiary/aromatic N) is 3. The van der Waals surface area contributed by atoms with Crippen LogP contribution >= 0.6 is 23.2 Å². The summed E-state index contributed by atoms with van der Waals surface area (Å²) in [6.07, 6.45) is 2.31. The van der Waals surface area contributed by atoms with Gasteiger partial charge in [0.2, 0.25) is 0 Å². The lowest BCUT2D eigenvalue weighted by Gasteiger charge is -2.14. The predicted octanol–water partition coefficient (Wildman–Crippen LogP) is 2.87. The number of methoxy groups -OCH3 is 1. The molecule has 1 aliphatic heterocycles. The van der Waals surface area contributed by atoms with E-state index in [4.69, 9.17) is 33.0 Å². The van der Waals surface area contributed by atoms with Crippen LogP contribution in [0.15, 0.2) is 24.4 Å². The fraction of sp³-hybridized carbons (Fsp3) is 0.353. The average Bonchev–Trinajstić information content (AvgIpc) is 3.24. The van der Waals surface area contributed by atoms with Crippen molar-refractivity contribution in [3.05, 3.63) is 45.7 Å². The van der Waals surface area contributed by atoms with E-state index in [1.54, 1.807) is 24.4 Å². The van der Waals surface area contributed by atoms with E-state index >= 15 is 0 Å². The Kier molecular flexibility index (Phi) is 5.50. The van der Waals surface area contributed by atoms with Gasteiger partial charge in [0.15, 0.2) is 5.69 Å². The van der Waals surface area contributed by atoms with Gasteiger partial charge in [-0.25, -0.2) is 9.48 Å². The van der Waals surface area contributed by atoms with Crippen molar-refractivity contribution >= 4 is 35.1 Å². The Morgan fingerprint density at radius 2 is 2.12 bits per heavy atom. The molecule has 2 aromatic rings. The van der Waals surface area contributed by atoms with Crippen LogP contribution in [0.3, 0.4) is 0 Å². The van der Waals surface area contributed by atoms with Crippen molar-refractivity contribution in [1.82, 2.24) is 14.7 Å². The third-order valence-corrected chi connectivity index (χ3v) is 5.09. The van der Waals surface area contributed by atoms with Gasteiger partial charge in [-0.2, -0.15) is 5.10 Å². The molecular weight excluding hydrogens is 381 g/mol. The van der Waals surface area contributed by atoms with E-state index < -0.39 is 11.9 Å². The maximum Gasteiger partial charge on any atom is 0.358 e.